The number of hydrogen-bond acceptors (Lipinski definition) is 3. The maximum Gasteiger partial charge on any atom is 0.416 e. The Morgan fingerprint density at radius 2 is 1.86 bits per heavy atom. The molecule has 1 aromatic heterocycles. The number of benzene rings is 2. The predicted octanol–water partition coefficient (Wildman–Crippen LogP) is 4.07. The van der Waals surface area contributed by atoms with Crippen molar-refractivity contribution in [3.8, 4) is 17.6 Å². The first kappa shape index (κ1) is 19.2. The SMILES string of the molecule is O=C(NCC#CCOc1cccc2cccnc12)c1cccc(C(F)(F)F)c1. The lowest BCUT2D eigenvalue weighted by atomic mass is 10.1. The minimum absolute atomic E-state index is 0.00771. The van der Waals surface area contributed by atoms with Crippen LogP contribution >= 0.6 is 0 Å². The molecule has 1 N–H and O–H groups in total. The number of pyridine rings is 1. The molecule has 0 aliphatic carbocycles. The molecule has 0 aliphatic heterocycles. The van der Waals surface area contributed by atoms with Gasteiger partial charge in [0.25, 0.3) is 5.91 Å². The molecule has 2 aromatic carbocycles. The van der Waals surface area contributed by atoms with E-state index in [9.17, 15) is 18.0 Å². The highest BCUT2D eigenvalue weighted by Crippen LogP contribution is 2.29. The van der Waals surface area contributed by atoms with Crippen LogP contribution in [0.5, 0.6) is 5.75 Å². The van der Waals surface area contributed by atoms with E-state index >= 15 is 0 Å². The average Bonchev–Trinajstić information content (AvgIpc) is 2.70. The van der Waals surface area contributed by atoms with Gasteiger partial charge in [0.05, 0.1) is 12.1 Å². The fourth-order valence-electron chi connectivity index (χ4n) is 2.48. The number of carbonyl (C=O) groups is 1. The molecule has 0 saturated carbocycles. The highest BCUT2D eigenvalue weighted by molar-refractivity contribution is 5.94. The molecule has 0 radical (unpaired) electrons. The molecular formula is C21H15F3N2O2. The Morgan fingerprint density at radius 1 is 1.07 bits per heavy atom. The van der Waals surface area contributed by atoms with Crippen LogP contribution in [0, 0.1) is 11.8 Å². The van der Waals surface area contributed by atoms with Crippen molar-refractivity contribution < 1.29 is 22.7 Å². The Balaban J connectivity index is 1.52. The van der Waals surface area contributed by atoms with Crippen molar-refractivity contribution in [2.24, 2.45) is 0 Å². The van der Waals surface area contributed by atoms with Crippen LogP contribution < -0.4 is 10.1 Å². The number of nitrogens with one attached hydrogen (secondary N) is 1. The molecule has 142 valence electrons. The summed E-state index contributed by atoms with van der Waals surface area (Å²) in [5.74, 6) is 5.42. The third kappa shape index (κ3) is 4.80. The first-order chi connectivity index (χ1) is 13.4. The molecule has 1 heterocycles. The van der Waals surface area contributed by atoms with E-state index in [1.165, 1.54) is 12.1 Å². The summed E-state index contributed by atoms with van der Waals surface area (Å²) in [6.45, 7) is 0.0847. The van der Waals surface area contributed by atoms with Gasteiger partial charge in [-0.2, -0.15) is 13.2 Å². The average molecular weight is 384 g/mol. The van der Waals surface area contributed by atoms with Crippen LogP contribution in [0.1, 0.15) is 15.9 Å². The number of aromatic nitrogens is 1. The van der Waals surface area contributed by atoms with E-state index < -0.39 is 17.6 Å². The Hall–Kier alpha value is -3.53. The third-order valence-electron chi connectivity index (χ3n) is 3.81. The third-order valence-corrected chi connectivity index (χ3v) is 3.81. The van der Waals surface area contributed by atoms with Crippen LogP contribution in [0.3, 0.4) is 0 Å². The van der Waals surface area contributed by atoms with Crippen molar-refractivity contribution in [3.05, 3.63) is 71.9 Å². The normalized spacial score (nSPS) is 10.8. The zero-order chi connectivity index (χ0) is 20.0. The summed E-state index contributed by atoms with van der Waals surface area (Å²) < 4.78 is 43.7. The van der Waals surface area contributed by atoms with Crippen LogP contribution in [0.2, 0.25) is 0 Å². The maximum atomic E-state index is 12.7. The lowest BCUT2D eigenvalue weighted by Gasteiger charge is -2.08. The van der Waals surface area contributed by atoms with E-state index in [0.717, 1.165) is 23.0 Å². The first-order valence-corrected chi connectivity index (χ1v) is 8.33. The largest absolute Gasteiger partial charge is 0.479 e. The summed E-state index contributed by atoms with van der Waals surface area (Å²) >= 11 is 0. The fraction of sp³-hybridized carbons (Fsp3) is 0.143. The molecule has 0 saturated heterocycles. The maximum absolute atomic E-state index is 12.7. The number of carbonyl (C=O) groups excluding carboxylic acids is 1. The fourth-order valence-corrected chi connectivity index (χ4v) is 2.48. The van der Waals surface area contributed by atoms with E-state index in [1.807, 2.05) is 24.3 Å². The van der Waals surface area contributed by atoms with Crippen molar-refractivity contribution in [3.63, 3.8) is 0 Å². The Bertz CT molecular complexity index is 1050. The van der Waals surface area contributed by atoms with E-state index in [-0.39, 0.29) is 18.7 Å². The first-order valence-electron chi connectivity index (χ1n) is 8.33. The highest BCUT2D eigenvalue weighted by atomic mass is 19.4. The topological polar surface area (TPSA) is 51.2 Å². The molecule has 0 spiro atoms. The van der Waals surface area contributed by atoms with Crippen molar-refractivity contribution in [1.29, 1.82) is 0 Å². The van der Waals surface area contributed by atoms with E-state index in [4.69, 9.17) is 4.74 Å². The number of halogens is 3. The van der Waals surface area contributed by atoms with Gasteiger partial charge >= 0.3 is 6.18 Å². The van der Waals surface area contributed by atoms with Crippen LogP contribution in [0.15, 0.2) is 60.8 Å². The van der Waals surface area contributed by atoms with Gasteiger partial charge in [-0.15, -0.1) is 0 Å². The Kier molecular flexibility index (Phi) is 5.80. The number of amides is 1. The number of nitrogens with zero attached hydrogens (tertiary/aromatic N) is 1. The van der Waals surface area contributed by atoms with Gasteiger partial charge in [0.2, 0.25) is 0 Å². The summed E-state index contributed by atoms with van der Waals surface area (Å²) in [7, 11) is 0. The Labute approximate surface area is 159 Å². The van der Waals surface area contributed by atoms with Gasteiger partial charge in [-0.3, -0.25) is 9.78 Å². The molecule has 0 aliphatic rings. The molecule has 0 unspecified atom stereocenters. The van der Waals surface area contributed by atoms with Gasteiger partial charge in [0.15, 0.2) is 0 Å². The quantitative estimate of drug-likeness (QED) is 0.690. The Morgan fingerprint density at radius 3 is 2.68 bits per heavy atom. The number of ether oxygens (including phenoxy) is 1. The molecule has 0 bridgehead atoms. The molecule has 0 atom stereocenters. The second-order valence-corrected chi connectivity index (χ2v) is 5.73. The molecule has 4 nitrogen and oxygen atoms in total. The van der Waals surface area contributed by atoms with Gasteiger partial charge < -0.3 is 10.1 Å². The summed E-state index contributed by atoms with van der Waals surface area (Å²) in [5.41, 5.74) is -0.220. The molecule has 1 amide bonds. The predicted molar refractivity (Wildman–Crippen MR) is 98.8 cm³/mol. The van der Waals surface area contributed by atoms with Crippen LogP contribution in [0.4, 0.5) is 13.2 Å². The molecular weight excluding hydrogens is 369 g/mol. The van der Waals surface area contributed by atoms with Crippen LogP contribution in [0.25, 0.3) is 10.9 Å². The minimum Gasteiger partial charge on any atom is -0.479 e. The van der Waals surface area contributed by atoms with E-state index in [0.29, 0.717) is 5.75 Å². The molecule has 28 heavy (non-hydrogen) atoms. The second kappa shape index (κ2) is 8.44. The highest BCUT2D eigenvalue weighted by Gasteiger charge is 2.30. The van der Waals surface area contributed by atoms with E-state index in [1.54, 1.807) is 12.3 Å². The summed E-state index contributed by atoms with van der Waals surface area (Å²) in [6.07, 6.45) is -2.83. The molecule has 7 heteroatoms. The van der Waals surface area contributed by atoms with Gasteiger partial charge in [-0.1, -0.05) is 36.1 Å². The molecule has 3 aromatic rings. The van der Waals surface area contributed by atoms with Gasteiger partial charge in [-0.05, 0) is 30.3 Å². The monoisotopic (exact) mass is 384 g/mol. The van der Waals surface area contributed by atoms with Crippen LogP contribution in [-0.4, -0.2) is 24.0 Å². The number of rotatable bonds is 4. The standard InChI is InChI=1S/C21H15F3N2O2/c22-21(23,24)17-9-3-7-16(14-17)20(27)26-11-1-2-13-28-18-10-4-6-15-8-5-12-25-19(15)18/h3-10,12,14H,11,13H2,(H,26,27). The summed E-state index contributed by atoms with van der Waals surface area (Å²) in [5, 5.41) is 3.40. The van der Waals surface area contributed by atoms with Crippen LogP contribution in [-0.2, 0) is 6.18 Å². The zero-order valence-corrected chi connectivity index (χ0v) is 14.6. The number of hydrogen-bond donors (Lipinski definition) is 1. The van der Waals surface area contributed by atoms with Gasteiger partial charge in [-0.25, -0.2) is 0 Å². The van der Waals surface area contributed by atoms with E-state index in [2.05, 4.69) is 22.1 Å². The van der Waals surface area contributed by atoms with Crippen molar-refractivity contribution in [1.82, 2.24) is 10.3 Å². The van der Waals surface area contributed by atoms with Crippen molar-refractivity contribution >= 4 is 16.8 Å². The second-order valence-electron chi connectivity index (χ2n) is 5.73. The number of fused-ring (bicyclic) bond motifs is 1. The number of para-hydroxylation sites is 1. The summed E-state index contributed by atoms with van der Waals surface area (Å²) in [4.78, 5) is 16.2. The summed E-state index contributed by atoms with van der Waals surface area (Å²) in [6, 6.07) is 13.5. The zero-order valence-electron chi connectivity index (χ0n) is 14.6. The molecule has 3 rings (SSSR count). The molecule has 0 fully saturated rings. The lowest BCUT2D eigenvalue weighted by Crippen LogP contribution is -2.24. The van der Waals surface area contributed by atoms with Gasteiger partial charge in [0, 0.05) is 17.1 Å². The number of alkyl halides is 3. The minimum atomic E-state index is -4.50. The lowest BCUT2D eigenvalue weighted by molar-refractivity contribution is -0.137. The van der Waals surface area contributed by atoms with Gasteiger partial charge in [0.1, 0.15) is 17.9 Å². The van der Waals surface area contributed by atoms with Crippen molar-refractivity contribution in [2.45, 2.75) is 6.18 Å². The smallest absolute Gasteiger partial charge is 0.416 e. The van der Waals surface area contributed by atoms with Crippen molar-refractivity contribution in [2.75, 3.05) is 13.2 Å².